The van der Waals surface area contributed by atoms with Gasteiger partial charge in [-0.05, 0) is 60.9 Å². The van der Waals surface area contributed by atoms with E-state index in [-0.39, 0.29) is 29.5 Å². The number of carbonyl (C=O) groups excluding carboxylic acids is 2. The zero-order valence-electron chi connectivity index (χ0n) is 27.7. The fourth-order valence-corrected chi connectivity index (χ4v) is 6.72. The number of sulfonamides is 1. The molecule has 254 valence electrons. The molecule has 1 N–H and O–H groups in total. The van der Waals surface area contributed by atoms with E-state index in [0.717, 1.165) is 33.8 Å². The highest BCUT2D eigenvalue weighted by atomic mass is 35.5. The highest BCUT2D eigenvalue weighted by Crippen LogP contribution is 2.34. The molecule has 0 heterocycles. The first-order valence-corrected chi connectivity index (χ1v) is 17.6. The SMILES string of the molecule is CCCCNC(=O)[C@@H](Cc1ccccc1)N(Cc1ccc(Cl)cc1)C(=O)CN(c1ccc(OC)c(OC)c1)S(=O)(=O)c1ccc(C)cc1. The number of amides is 2. The predicted molar refractivity (Wildman–Crippen MR) is 189 cm³/mol. The van der Waals surface area contributed by atoms with Gasteiger partial charge in [-0.2, -0.15) is 0 Å². The van der Waals surface area contributed by atoms with Crippen LogP contribution in [-0.2, 0) is 32.6 Å². The third-order valence-corrected chi connectivity index (χ3v) is 9.95. The van der Waals surface area contributed by atoms with Crippen molar-refractivity contribution in [1.82, 2.24) is 10.2 Å². The number of halogens is 1. The smallest absolute Gasteiger partial charge is 0.264 e. The molecule has 1 atom stereocenters. The largest absolute Gasteiger partial charge is 0.493 e. The summed E-state index contributed by atoms with van der Waals surface area (Å²) in [7, 11) is -1.34. The number of methoxy groups -OCH3 is 2. The van der Waals surface area contributed by atoms with E-state index in [4.69, 9.17) is 21.1 Å². The summed E-state index contributed by atoms with van der Waals surface area (Å²) in [5.74, 6) is -0.200. The topological polar surface area (TPSA) is 105 Å². The fraction of sp³-hybridized carbons (Fsp3) is 0.297. The molecule has 0 aliphatic heterocycles. The zero-order valence-corrected chi connectivity index (χ0v) is 29.3. The standard InChI is InChI=1S/C37H42ClN3O6S/c1-5-6-22-39-37(43)33(23-28-10-8-7-9-11-28)40(25-29-14-16-30(38)17-15-29)36(42)26-41(31-18-21-34(46-3)35(24-31)47-4)48(44,45)32-19-12-27(2)13-20-32/h7-21,24,33H,5-6,22-23,25-26H2,1-4H3,(H,39,43)/t33-/m1/s1. The van der Waals surface area contributed by atoms with Gasteiger partial charge in [-0.25, -0.2) is 8.42 Å². The Labute approximate surface area is 288 Å². The number of hydrogen-bond donors (Lipinski definition) is 1. The van der Waals surface area contributed by atoms with Crippen LogP contribution in [0.4, 0.5) is 5.69 Å². The Bertz CT molecular complexity index is 1770. The number of aryl methyl sites for hydroxylation is 1. The van der Waals surface area contributed by atoms with Crippen LogP contribution in [0.2, 0.25) is 5.02 Å². The van der Waals surface area contributed by atoms with Gasteiger partial charge in [0.15, 0.2) is 11.5 Å². The minimum absolute atomic E-state index is 0.0121. The molecule has 0 aliphatic rings. The predicted octanol–water partition coefficient (Wildman–Crippen LogP) is 6.42. The third kappa shape index (κ3) is 9.29. The molecule has 4 aromatic carbocycles. The first kappa shape index (κ1) is 36.3. The maximum absolute atomic E-state index is 14.6. The maximum atomic E-state index is 14.6. The lowest BCUT2D eigenvalue weighted by atomic mass is 10.0. The number of benzene rings is 4. The summed E-state index contributed by atoms with van der Waals surface area (Å²) in [5.41, 5.74) is 2.66. The fourth-order valence-electron chi connectivity index (χ4n) is 5.19. The molecule has 0 aromatic heterocycles. The summed E-state index contributed by atoms with van der Waals surface area (Å²) in [4.78, 5) is 30.0. The number of unbranched alkanes of at least 4 members (excludes halogenated alkanes) is 1. The van der Waals surface area contributed by atoms with E-state index < -0.39 is 28.5 Å². The van der Waals surface area contributed by atoms with E-state index in [1.807, 2.05) is 44.2 Å². The van der Waals surface area contributed by atoms with E-state index in [0.29, 0.717) is 23.1 Å². The van der Waals surface area contributed by atoms with Crippen LogP contribution in [-0.4, -0.2) is 58.5 Å². The van der Waals surface area contributed by atoms with Gasteiger partial charge in [-0.3, -0.25) is 13.9 Å². The van der Waals surface area contributed by atoms with Gasteiger partial charge in [0.2, 0.25) is 11.8 Å². The van der Waals surface area contributed by atoms with E-state index in [9.17, 15) is 18.0 Å². The minimum atomic E-state index is -4.27. The van der Waals surface area contributed by atoms with Crippen molar-refractivity contribution in [2.45, 2.75) is 50.6 Å². The van der Waals surface area contributed by atoms with Crippen LogP contribution in [0.5, 0.6) is 11.5 Å². The molecule has 0 saturated heterocycles. The molecule has 11 heteroatoms. The van der Waals surface area contributed by atoms with Gasteiger partial charge >= 0.3 is 0 Å². The first-order valence-electron chi connectivity index (χ1n) is 15.7. The third-order valence-electron chi connectivity index (χ3n) is 7.91. The van der Waals surface area contributed by atoms with E-state index in [2.05, 4.69) is 5.32 Å². The van der Waals surface area contributed by atoms with E-state index in [1.54, 1.807) is 48.5 Å². The average molecular weight is 692 g/mol. The maximum Gasteiger partial charge on any atom is 0.264 e. The molecule has 4 rings (SSSR count). The van der Waals surface area contributed by atoms with Crippen LogP contribution in [0.15, 0.2) is 102 Å². The number of nitrogens with one attached hydrogen (secondary N) is 1. The molecule has 0 saturated carbocycles. The molecule has 0 spiro atoms. The summed E-state index contributed by atoms with van der Waals surface area (Å²) in [6.07, 6.45) is 1.88. The van der Waals surface area contributed by atoms with Crippen molar-refractivity contribution in [3.05, 3.63) is 119 Å². The van der Waals surface area contributed by atoms with Gasteiger partial charge in [-0.15, -0.1) is 0 Å². The number of anilines is 1. The molecule has 0 aliphatic carbocycles. The molecule has 0 fully saturated rings. The van der Waals surface area contributed by atoms with Crippen LogP contribution >= 0.6 is 11.6 Å². The van der Waals surface area contributed by atoms with Crippen molar-refractivity contribution in [1.29, 1.82) is 0 Å². The number of ether oxygens (including phenoxy) is 2. The molecule has 48 heavy (non-hydrogen) atoms. The lowest BCUT2D eigenvalue weighted by Gasteiger charge is -2.34. The van der Waals surface area contributed by atoms with Gasteiger partial charge in [0.25, 0.3) is 10.0 Å². The van der Waals surface area contributed by atoms with Crippen LogP contribution in [0.3, 0.4) is 0 Å². The normalized spacial score (nSPS) is 11.8. The summed E-state index contributed by atoms with van der Waals surface area (Å²) in [6, 6.07) is 26.6. The molecule has 4 aromatic rings. The summed E-state index contributed by atoms with van der Waals surface area (Å²) < 4.78 is 40.5. The average Bonchev–Trinajstić information content (AvgIpc) is 3.09. The van der Waals surface area contributed by atoms with E-state index in [1.165, 1.54) is 37.3 Å². The highest BCUT2D eigenvalue weighted by Gasteiger charge is 2.35. The molecule has 9 nitrogen and oxygen atoms in total. The van der Waals surface area contributed by atoms with Crippen molar-refractivity contribution in [3.8, 4) is 11.5 Å². The van der Waals surface area contributed by atoms with Crippen LogP contribution in [0, 0.1) is 6.92 Å². The number of rotatable bonds is 16. The Morgan fingerprint density at radius 3 is 2.15 bits per heavy atom. The molecule has 0 bridgehead atoms. The second-order valence-electron chi connectivity index (χ2n) is 11.4. The second kappa shape index (κ2) is 17.0. The summed E-state index contributed by atoms with van der Waals surface area (Å²) in [5, 5.41) is 3.52. The quantitative estimate of drug-likeness (QED) is 0.136. The van der Waals surface area contributed by atoms with Gasteiger partial charge in [0, 0.05) is 30.6 Å². The Kier molecular flexibility index (Phi) is 12.9. The summed E-state index contributed by atoms with van der Waals surface area (Å²) >= 11 is 6.17. The number of hydrogen-bond acceptors (Lipinski definition) is 6. The van der Waals surface area contributed by atoms with E-state index >= 15 is 0 Å². The minimum Gasteiger partial charge on any atom is -0.493 e. The number of nitrogens with zero attached hydrogens (tertiary/aromatic N) is 2. The van der Waals surface area contributed by atoms with Crippen molar-refractivity contribution in [2.24, 2.45) is 0 Å². The van der Waals surface area contributed by atoms with Gasteiger partial charge < -0.3 is 19.7 Å². The molecule has 2 amide bonds. The molecule has 0 unspecified atom stereocenters. The monoisotopic (exact) mass is 691 g/mol. The lowest BCUT2D eigenvalue weighted by molar-refractivity contribution is -0.140. The molecule has 0 radical (unpaired) electrons. The van der Waals surface area contributed by atoms with Crippen molar-refractivity contribution in [3.63, 3.8) is 0 Å². The van der Waals surface area contributed by atoms with Crippen LogP contribution < -0.4 is 19.1 Å². The Balaban J connectivity index is 1.82. The van der Waals surface area contributed by atoms with Crippen molar-refractivity contribution >= 4 is 39.1 Å². The molecular weight excluding hydrogens is 650 g/mol. The van der Waals surface area contributed by atoms with Crippen LogP contribution in [0.1, 0.15) is 36.5 Å². The zero-order chi connectivity index (χ0) is 34.7. The number of carbonyl (C=O) groups is 2. The highest BCUT2D eigenvalue weighted by molar-refractivity contribution is 7.92. The Morgan fingerprint density at radius 2 is 1.52 bits per heavy atom. The van der Waals surface area contributed by atoms with Gasteiger partial charge in [-0.1, -0.05) is 85.1 Å². The van der Waals surface area contributed by atoms with Crippen LogP contribution in [0.25, 0.3) is 0 Å². The molecular formula is C37H42ClN3O6S. The summed E-state index contributed by atoms with van der Waals surface area (Å²) in [6.45, 7) is 3.79. The van der Waals surface area contributed by atoms with Crippen molar-refractivity contribution < 1.29 is 27.5 Å². The van der Waals surface area contributed by atoms with Crippen molar-refractivity contribution in [2.75, 3.05) is 31.6 Å². The first-order chi connectivity index (χ1) is 23.1. The Hall–Kier alpha value is -4.54. The van der Waals surface area contributed by atoms with Gasteiger partial charge in [0.1, 0.15) is 12.6 Å². The Morgan fingerprint density at radius 1 is 0.854 bits per heavy atom. The second-order valence-corrected chi connectivity index (χ2v) is 13.7. The van der Waals surface area contributed by atoms with Gasteiger partial charge in [0.05, 0.1) is 24.8 Å². The lowest BCUT2D eigenvalue weighted by Crippen LogP contribution is -2.53.